The number of hydrogen-bond acceptors (Lipinski definition) is 4. The number of carbonyl (C=O) groups is 2. The van der Waals surface area contributed by atoms with E-state index in [0.717, 1.165) is 0 Å². The van der Waals surface area contributed by atoms with Crippen LogP contribution in [0, 0.1) is 5.92 Å². The number of allylic oxidation sites excluding steroid dienone is 1. The number of carbonyl (C=O) groups excluding carboxylic acids is 2. The van der Waals surface area contributed by atoms with Crippen molar-refractivity contribution in [3.05, 3.63) is 12.2 Å². The quantitative estimate of drug-likeness (QED) is 0.536. The van der Waals surface area contributed by atoms with Gasteiger partial charge in [0.2, 0.25) is 0 Å². The summed E-state index contributed by atoms with van der Waals surface area (Å²) in [5.74, 6) is -0.603. The summed E-state index contributed by atoms with van der Waals surface area (Å²) in [4.78, 5) is 22.6. The average Bonchev–Trinajstić information content (AvgIpc) is 2.57. The smallest absolute Gasteiger partial charge is 0.408 e. The maximum absolute atomic E-state index is 11.6. The van der Waals surface area contributed by atoms with Crippen LogP contribution in [-0.4, -0.2) is 30.8 Å². The van der Waals surface area contributed by atoms with Crippen LogP contribution >= 0.6 is 0 Å². The molecule has 1 saturated heterocycles. The molecule has 1 N–H and O–H groups in total. The van der Waals surface area contributed by atoms with Crippen LogP contribution in [-0.2, 0) is 14.3 Å². The first-order valence-corrected chi connectivity index (χ1v) is 5.03. The molecule has 3 atom stereocenters. The average molecular weight is 211 g/mol. The monoisotopic (exact) mass is 211 g/mol. The van der Waals surface area contributed by atoms with E-state index in [1.807, 2.05) is 6.08 Å². The Balaban J connectivity index is 2.10. The Morgan fingerprint density at radius 3 is 3.27 bits per heavy atom. The molecular weight excluding hydrogens is 198 g/mol. The molecular formula is C10H13NO4. The Bertz CT molecular complexity index is 313. The van der Waals surface area contributed by atoms with E-state index in [0.29, 0.717) is 13.0 Å². The van der Waals surface area contributed by atoms with E-state index >= 15 is 0 Å². The Morgan fingerprint density at radius 2 is 2.53 bits per heavy atom. The fourth-order valence-corrected chi connectivity index (χ4v) is 1.94. The molecule has 1 aliphatic heterocycles. The molecule has 0 bridgehead atoms. The van der Waals surface area contributed by atoms with Crippen molar-refractivity contribution >= 4 is 12.1 Å². The van der Waals surface area contributed by atoms with Crippen molar-refractivity contribution in [2.24, 2.45) is 5.92 Å². The number of fused-ring (bicyclic) bond motifs is 1. The fourth-order valence-electron chi connectivity index (χ4n) is 1.94. The highest BCUT2D eigenvalue weighted by atomic mass is 16.6. The van der Waals surface area contributed by atoms with Gasteiger partial charge < -0.3 is 14.8 Å². The lowest BCUT2D eigenvalue weighted by molar-refractivity contribution is -0.149. The molecule has 0 unspecified atom stereocenters. The van der Waals surface area contributed by atoms with Gasteiger partial charge in [-0.3, -0.25) is 4.79 Å². The van der Waals surface area contributed by atoms with E-state index in [4.69, 9.17) is 9.47 Å². The van der Waals surface area contributed by atoms with E-state index in [1.165, 1.54) is 0 Å². The Kier molecular flexibility index (Phi) is 2.62. The molecule has 0 radical (unpaired) electrons. The van der Waals surface area contributed by atoms with Gasteiger partial charge in [-0.1, -0.05) is 6.08 Å². The number of ether oxygens (including phenoxy) is 2. The summed E-state index contributed by atoms with van der Waals surface area (Å²) >= 11 is 0. The number of rotatable bonds is 2. The first-order valence-electron chi connectivity index (χ1n) is 5.03. The largest absolute Gasteiger partial charge is 0.466 e. The zero-order chi connectivity index (χ0) is 10.8. The topological polar surface area (TPSA) is 64.6 Å². The van der Waals surface area contributed by atoms with Gasteiger partial charge in [-0.2, -0.15) is 0 Å². The van der Waals surface area contributed by atoms with E-state index < -0.39 is 6.09 Å². The van der Waals surface area contributed by atoms with Crippen LogP contribution in [0.25, 0.3) is 0 Å². The second kappa shape index (κ2) is 3.92. The van der Waals surface area contributed by atoms with Crippen molar-refractivity contribution < 1.29 is 19.1 Å². The molecule has 5 nitrogen and oxygen atoms in total. The standard InChI is InChI=1S/C10H13NO4/c1-2-14-9(12)6-4-3-5-7-8(6)11-10(13)15-7/h3,5-8H,2,4H2,1H3,(H,11,13)/t6-,7+,8-/m1/s1. The first kappa shape index (κ1) is 10.0. The minimum Gasteiger partial charge on any atom is -0.466 e. The normalized spacial score (nSPS) is 32.9. The Hall–Kier alpha value is -1.52. The number of amides is 1. The highest BCUT2D eigenvalue weighted by molar-refractivity contribution is 5.78. The maximum Gasteiger partial charge on any atom is 0.408 e. The number of nitrogens with one attached hydrogen (secondary N) is 1. The molecule has 5 heteroatoms. The molecule has 0 aromatic rings. The lowest BCUT2D eigenvalue weighted by Gasteiger charge is -2.25. The van der Waals surface area contributed by atoms with Crippen molar-refractivity contribution in [3.63, 3.8) is 0 Å². The molecule has 0 spiro atoms. The van der Waals surface area contributed by atoms with Gasteiger partial charge in [0.1, 0.15) is 6.10 Å². The molecule has 0 saturated carbocycles. The predicted molar refractivity (Wildman–Crippen MR) is 51.1 cm³/mol. The van der Waals surface area contributed by atoms with Gasteiger partial charge in [0.25, 0.3) is 0 Å². The molecule has 0 aromatic heterocycles. The third kappa shape index (κ3) is 1.82. The zero-order valence-electron chi connectivity index (χ0n) is 8.43. The van der Waals surface area contributed by atoms with Crippen LogP contribution in [0.5, 0.6) is 0 Å². The summed E-state index contributed by atoms with van der Waals surface area (Å²) < 4.78 is 9.92. The van der Waals surface area contributed by atoms with Crippen molar-refractivity contribution in [1.29, 1.82) is 0 Å². The van der Waals surface area contributed by atoms with Crippen molar-refractivity contribution in [2.75, 3.05) is 6.61 Å². The molecule has 1 heterocycles. The summed E-state index contributed by atoms with van der Waals surface area (Å²) in [6, 6.07) is -0.276. The lowest BCUT2D eigenvalue weighted by atomic mass is 9.88. The Morgan fingerprint density at radius 1 is 1.73 bits per heavy atom. The zero-order valence-corrected chi connectivity index (χ0v) is 8.43. The number of esters is 1. The third-order valence-electron chi connectivity index (χ3n) is 2.62. The van der Waals surface area contributed by atoms with E-state index in [-0.39, 0.29) is 24.0 Å². The van der Waals surface area contributed by atoms with Gasteiger partial charge in [-0.05, 0) is 19.4 Å². The summed E-state index contributed by atoms with van der Waals surface area (Å²) in [6.45, 7) is 2.11. The van der Waals surface area contributed by atoms with Gasteiger partial charge in [0.15, 0.2) is 0 Å². The van der Waals surface area contributed by atoms with Crippen molar-refractivity contribution in [1.82, 2.24) is 5.32 Å². The number of hydrogen-bond donors (Lipinski definition) is 1. The van der Waals surface area contributed by atoms with Gasteiger partial charge in [-0.15, -0.1) is 0 Å². The molecule has 2 rings (SSSR count). The van der Waals surface area contributed by atoms with E-state index in [1.54, 1.807) is 13.0 Å². The van der Waals surface area contributed by atoms with Crippen LogP contribution in [0.3, 0.4) is 0 Å². The van der Waals surface area contributed by atoms with Gasteiger partial charge in [0.05, 0.1) is 18.6 Å². The summed E-state index contributed by atoms with van der Waals surface area (Å²) in [5.41, 5.74) is 0. The lowest BCUT2D eigenvalue weighted by Crippen LogP contribution is -2.44. The van der Waals surface area contributed by atoms with Gasteiger partial charge >= 0.3 is 12.1 Å². The number of alkyl carbamates (subject to hydrolysis) is 1. The van der Waals surface area contributed by atoms with E-state index in [2.05, 4.69) is 5.32 Å². The van der Waals surface area contributed by atoms with Crippen LogP contribution in [0.4, 0.5) is 4.79 Å². The van der Waals surface area contributed by atoms with Gasteiger partial charge in [-0.25, -0.2) is 4.79 Å². The molecule has 1 aliphatic carbocycles. The molecule has 82 valence electrons. The van der Waals surface area contributed by atoms with Crippen LogP contribution < -0.4 is 5.32 Å². The summed E-state index contributed by atoms with van der Waals surface area (Å²) in [5, 5.41) is 2.63. The van der Waals surface area contributed by atoms with Crippen molar-refractivity contribution in [3.8, 4) is 0 Å². The summed E-state index contributed by atoms with van der Waals surface area (Å²) in [7, 11) is 0. The van der Waals surface area contributed by atoms with Crippen LogP contribution in [0.1, 0.15) is 13.3 Å². The predicted octanol–water partition coefficient (Wildman–Crippen LogP) is 0.603. The SMILES string of the molecule is CCOC(=O)[C@@H]1CC=C[C@@H]2OC(=O)N[C@@H]21. The first-order chi connectivity index (χ1) is 7.22. The molecule has 15 heavy (non-hydrogen) atoms. The van der Waals surface area contributed by atoms with Crippen LogP contribution in [0.15, 0.2) is 12.2 Å². The minimum atomic E-state index is -0.467. The minimum absolute atomic E-state index is 0.275. The molecule has 1 fully saturated rings. The van der Waals surface area contributed by atoms with Gasteiger partial charge in [0, 0.05) is 0 Å². The molecule has 1 amide bonds. The van der Waals surface area contributed by atoms with Crippen molar-refractivity contribution in [2.45, 2.75) is 25.5 Å². The highest BCUT2D eigenvalue weighted by Crippen LogP contribution is 2.26. The highest BCUT2D eigenvalue weighted by Gasteiger charge is 2.43. The Labute approximate surface area is 87.4 Å². The second-order valence-corrected chi connectivity index (χ2v) is 3.56. The molecule has 0 aromatic carbocycles. The second-order valence-electron chi connectivity index (χ2n) is 3.56. The maximum atomic E-state index is 11.6. The molecule has 2 aliphatic rings. The third-order valence-corrected chi connectivity index (χ3v) is 2.62. The van der Waals surface area contributed by atoms with Crippen LogP contribution in [0.2, 0.25) is 0 Å². The summed E-state index contributed by atoms with van der Waals surface area (Å²) in [6.07, 6.45) is 3.44. The van der Waals surface area contributed by atoms with E-state index in [9.17, 15) is 9.59 Å². The fraction of sp³-hybridized carbons (Fsp3) is 0.600.